The monoisotopic (exact) mass is 318 g/mol. The van der Waals surface area contributed by atoms with E-state index in [2.05, 4.69) is 15.7 Å². The maximum Gasteiger partial charge on any atom is 0.267 e. The third-order valence-corrected chi connectivity index (χ3v) is 5.93. The molecule has 4 rings (SSSR count). The van der Waals surface area contributed by atoms with Gasteiger partial charge in [0.25, 0.3) is 5.91 Å². The first kappa shape index (κ1) is 13.0. The minimum absolute atomic E-state index is 0.0668. The van der Waals surface area contributed by atoms with E-state index >= 15 is 0 Å². The van der Waals surface area contributed by atoms with Gasteiger partial charge in [0, 0.05) is 24.5 Å². The van der Waals surface area contributed by atoms with Crippen molar-refractivity contribution in [1.82, 2.24) is 15.1 Å². The van der Waals surface area contributed by atoms with Crippen LogP contribution in [0.4, 0.5) is 5.82 Å². The zero-order chi connectivity index (χ0) is 14.4. The van der Waals surface area contributed by atoms with Crippen molar-refractivity contribution in [2.45, 2.75) is 13.0 Å². The van der Waals surface area contributed by atoms with Crippen molar-refractivity contribution in [3.05, 3.63) is 33.6 Å². The highest BCUT2D eigenvalue weighted by Gasteiger charge is 2.21. The Balaban J connectivity index is 1.63. The second-order valence-corrected chi connectivity index (χ2v) is 7.28. The van der Waals surface area contributed by atoms with Crippen molar-refractivity contribution in [2.24, 2.45) is 7.05 Å². The van der Waals surface area contributed by atoms with Gasteiger partial charge in [0.15, 0.2) is 5.82 Å². The summed E-state index contributed by atoms with van der Waals surface area (Å²) < 4.78 is 3.04. The van der Waals surface area contributed by atoms with Crippen LogP contribution < -0.4 is 10.6 Å². The van der Waals surface area contributed by atoms with Crippen LogP contribution in [0.1, 0.15) is 20.9 Å². The fourth-order valence-corrected chi connectivity index (χ4v) is 4.66. The van der Waals surface area contributed by atoms with Crippen molar-refractivity contribution >= 4 is 43.8 Å². The highest BCUT2D eigenvalue weighted by Crippen LogP contribution is 2.31. The summed E-state index contributed by atoms with van der Waals surface area (Å²) >= 11 is 3.20. The average molecular weight is 318 g/mol. The number of aromatic nitrogens is 2. The van der Waals surface area contributed by atoms with Crippen LogP contribution in [0.3, 0.4) is 0 Å². The zero-order valence-corrected chi connectivity index (χ0v) is 13.1. The molecular formula is C14H14N4OS2. The molecule has 0 radical (unpaired) electrons. The van der Waals surface area contributed by atoms with Crippen LogP contribution in [0.5, 0.6) is 0 Å². The van der Waals surface area contributed by atoms with E-state index < -0.39 is 0 Å². The SMILES string of the molecule is Cn1nc(NC(=O)c2cc3ccsc3s2)c2c1CNCC2. The number of thiophene rings is 2. The minimum Gasteiger partial charge on any atom is -0.311 e. The van der Waals surface area contributed by atoms with Gasteiger partial charge in [-0.1, -0.05) is 0 Å². The smallest absolute Gasteiger partial charge is 0.267 e. The Labute approximate surface area is 129 Å². The molecule has 0 spiro atoms. The van der Waals surface area contributed by atoms with Gasteiger partial charge in [-0.3, -0.25) is 9.48 Å². The molecule has 7 heteroatoms. The second kappa shape index (κ2) is 4.94. The Morgan fingerprint density at radius 2 is 2.43 bits per heavy atom. The molecule has 0 unspecified atom stereocenters. The van der Waals surface area contributed by atoms with Crippen LogP contribution in [0, 0.1) is 0 Å². The van der Waals surface area contributed by atoms with Crippen LogP contribution in [0.25, 0.3) is 9.40 Å². The average Bonchev–Trinajstić information content (AvgIpc) is 3.14. The number of nitrogens with zero attached hydrogens (tertiary/aromatic N) is 2. The number of nitrogens with one attached hydrogen (secondary N) is 2. The molecule has 2 N–H and O–H groups in total. The van der Waals surface area contributed by atoms with Crippen LogP contribution in [0.2, 0.25) is 0 Å². The number of carbonyl (C=O) groups is 1. The van der Waals surface area contributed by atoms with Crippen LogP contribution in [0.15, 0.2) is 17.5 Å². The molecule has 1 aliphatic rings. The normalized spacial score (nSPS) is 14.3. The summed E-state index contributed by atoms with van der Waals surface area (Å²) in [5.41, 5.74) is 2.31. The number of fused-ring (bicyclic) bond motifs is 2. The Morgan fingerprint density at radius 3 is 3.29 bits per heavy atom. The first-order valence-corrected chi connectivity index (χ1v) is 8.46. The lowest BCUT2D eigenvalue weighted by Gasteiger charge is -2.14. The van der Waals surface area contributed by atoms with Gasteiger partial charge in [0.2, 0.25) is 0 Å². The first-order chi connectivity index (χ1) is 10.2. The van der Waals surface area contributed by atoms with E-state index in [0.717, 1.165) is 41.0 Å². The van der Waals surface area contributed by atoms with Gasteiger partial charge in [-0.25, -0.2) is 0 Å². The molecule has 5 nitrogen and oxygen atoms in total. The summed E-state index contributed by atoms with van der Waals surface area (Å²) in [5.74, 6) is 0.638. The van der Waals surface area contributed by atoms with Crippen LogP contribution in [-0.2, 0) is 20.0 Å². The van der Waals surface area contributed by atoms with E-state index in [9.17, 15) is 4.79 Å². The standard InChI is InChI=1S/C14H14N4OS2/c1-18-10-7-15-4-2-9(10)12(17-18)16-13(19)11-6-8-3-5-20-14(8)21-11/h3,5-6,15H,2,4,7H2,1H3,(H,16,17,19). The molecule has 4 heterocycles. The van der Waals surface area contributed by atoms with Crippen molar-refractivity contribution in [2.75, 3.05) is 11.9 Å². The summed E-state index contributed by atoms with van der Waals surface area (Å²) in [6, 6.07) is 3.99. The Kier molecular flexibility index (Phi) is 3.06. The van der Waals surface area contributed by atoms with Gasteiger partial charge >= 0.3 is 0 Å². The molecule has 1 amide bonds. The number of rotatable bonds is 2. The summed E-state index contributed by atoms with van der Waals surface area (Å²) in [6.07, 6.45) is 0.901. The van der Waals surface area contributed by atoms with Crippen molar-refractivity contribution < 1.29 is 4.79 Å². The highest BCUT2D eigenvalue weighted by atomic mass is 32.2. The van der Waals surface area contributed by atoms with Crippen LogP contribution >= 0.6 is 22.7 Å². The van der Waals surface area contributed by atoms with Gasteiger partial charge < -0.3 is 10.6 Å². The number of aryl methyl sites for hydroxylation is 1. The topological polar surface area (TPSA) is 59.0 Å². The van der Waals surface area contributed by atoms with Crippen molar-refractivity contribution in [3.63, 3.8) is 0 Å². The zero-order valence-electron chi connectivity index (χ0n) is 11.5. The largest absolute Gasteiger partial charge is 0.311 e. The molecular weight excluding hydrogens is 304 g/mol. The minimum atomic E-state index is -0.0668. The Bertz CT molecular complexity index is 801. The molecule has 0 aliphatic carbocycles. The number of hydrogen-bond acceptors (Lipinski definition) is 5. The molecule has 0 saturated heterocycles. The maximum absolute atomic E-state index is 12.4. The number of amides is 1. The number of hydrogen-bond donors (Lipinski definition) is 2. The van der Waals surface area contributed by atoms with Gasteiger partial charge in [-0.15, -0.1) is 22.7 Å². The summed E-state index contributed by atoms with van der Waals surface area (Å²) in [4.78, 5) is 13.2. The second-order valence-electron chi connectivity index (χ2n) is 5.05. The van der Waals surface area contributed by atoms with E-state index in [-0.39, 0.29) is 5.91 Å². The molecule has 0 bridgehead atoms. The molecule has 0 aromatic carbocycles. The third kappa shape index (κ3) is 2.17. The lowest BCUT2D eigenvalue weighted by Crippen LogP contribution is -2.25. The lowest BCUT2D eigenvalue weighted by atomic mass is 10.1. The molecule has 0 atom stereocenters. The highest BCUT2D eigenvalue weighted by molar-refractivity contribution is 7.38. The van der Waals surface area contributed by atoms with Gasteiger partial charge in [-0.2, -0.15) is 5.10 Å². The Hall–Kier alpha value is -1.70. The molecule has 1 aliphatic heterocycles. The van der Waals surface area contributed by atoms with Crippen LogP contribution in [-0.4, -0.2) is 22.2 Å². The van der Waals surface area contributed by atoms with E-state index in [0.29, 0.717) is 5.82 Å². The predicted molar refractivity (Wildman–Crippen MR) is 86.3 cm³/mol. The predicted octanol–water partition coefficient (Wildman–Crippen LogP) is 2.59. The summed E-state index contributed by atoms with van der Waals surface area (Å²) in [5, 5.41) is 13.9. The molecule has 0 saturated carbocycles. The lowest BCUT2D eigenvalue weighted by molar-refractivity contribution is 0.103. The molecule has 21 heavy (non-hydrogen) atoms. The van der Waals surface area contributed by atoms with Crippen molar-refractivity contribution in [3.8, 4) is 0 Å². The van der Waals surface area contributed by atoms with E-state index in [1.807, 2.05) is 29.2 Å². The van der Waals surface area contributed by atoms with E-state index in [1.165, 1.54) is 15.4 Å². The van der Waals surface area contributed by atoms with E-state index in [4.69, 9.17) is 0 Å². The fourth-order valence-electron chi connectivity index (χ4n) is 2.65. The Morgan fingerprint density at radius 1 is 1.52 bits per heavy atom. The van der Waals surface area contributed by atoms with Gasteiger partial charge in [0.05, 0.1) is 14.6 Å². The fraction of sp³-hybridized carbons (Fsp3) is 0.286. The van der Waals surface area contributed by atoms with E-state index in [1.54, 1.807) is 11.3 Å². The molecule has 3 aromatic rings. The molecule has 3 aromatic heterocycles. The number of carbonyl (C=O) groups excluding carboxylic acids is 1. The number of anilines is 1. The summed E-state index contributed by atoms with van der Waals surface area (Å²) in [6.45, 7) is 1.74. The maximum atomic E-state index is 12.4. The summed E-state index contributed by atoms with van der Waals surface area (Å²) in [7, 11) is 1.92. The van der Waals surface area contributed by atoms with Gasteiger partial charge in [0.1, 0.15) is 0 Å². The van der Waals surface area contributed by atoms with Crippen molar-refractivity contribution in [1.29, 1.82) is 0 Å². The third-order valence-electron chi connectivity index (χ3n) is 3.72. The first-order valence-electron chi connectivity index (χ1n) is 6.76. The quantitative estimate of drug-likeness (QED) is 0.763. The molecule has 108 valence electrons. The molecule has 0 fully saturated rings. The van der Waals surface area contributed by atoms with Gasteiger partial charge in [-0.05, 0) is 30.5 Å².